The van der Waals surface area contributed by atoms with Gasteiger partial charge in [0.1, 0.15) is 0 Å². The predicted octanol–water partition coefficient (Wildman–Crippen LogP) is 3.05. The molecule has 0 aliphatic heterocycles. The Morgan fingerprint density at radius 3 is 2.29 bits per heavy atom. The molecule has 0 aliphatic carbocycles. The molecule has 17 heavy (non-hydrogen) atoms. The molecule has 0 saturated heterocycles. The molecule has 0 amide bonds. The van der Waals surface area contributed by atoms with Crippen LogP contribution in [0.2, 0.25) is 0 Å². The second-order valence-electron chi connectivity index (χ2n) is 4.99. The Hall–Kier alpha value is -0.860. The Balaban J connectivity index is 2.44. The third-order valence-corrected chi connectivity index (χ3v) is 3.51. The van der Waals surface area contributed by atoms with Gasteiger partial charge in [-0.1, -0.05) is 50.1 Å². The lowest BCUT2D eigenvalue weighted by Crippen LogP contribution is -2.33. The SMILES string of the molecule is CCC(C)C(O)CNC(C)c1ccc(C)cc1. The number of aryl methyl sites for hydroxylation is 1. The lowest BCUT2D eigenvalue weighted by atomic mass is 10.0. The molecule has 0 aromatic heterocycles. The average Bonchev–Trinajstić information content (AvgIpc) is 2.35. The molecule has 2 heteroatoms. The van der Waals surface area contributed by atoms with Gasteiger partial charge in [-0.3, -0.25) is 0 Å². The number of nitrogens with one attached hydrogen (secondary N) is 1. The Morgan fingerprint density at radius 2 is 1.76 bits per heavy atom. The van der Waals surface area contributed by atoms with Gasteiger partial charge in [0, 0.05) is 12.6 Å². The third kappa shape index (κ3) is 4.49. The molecular formula is C15H25NO. The molecule has 0 spiro atoms. The van der Waals surface area contributed by atoms with Crippen LogP contribution in [0.4, 0.5) is 0 Å². The summed E-state index contributed by atoms with van der Waals surface area (Å²) in [6, 6.07) is 8.82. The second kappa shape index (κ2) is 6.77. The Kier molecular flexibility index (Phi) is 5.66. The average molecular weight is 235 g/mol. The molecule has 2 N–H and O–H groups in total. The topological polar surface area (TPSA) is 32.3 Å². The van der Waals surface area contributed by atoms with Gasteiger partial charge < -0.3 is 10.4 Å². The summed E-state index contributed by atoms with van der Waals surface area (Å²) >= 11 is 0. The summed E-state index contributed by atoms with van der Waals surface area (Å²) in [5.74, 6) is 0.354. The van der Waals surface area contributed by atoms with Crippen molar-refractivity contribution in [1.29, 1.82) is 0 Å². The molecule has 1 aromatic carbocycles. The van der Waals surface area contributed by atoms with Crippen LogP contribution in [0.3, 0.4) is 0 Å². The number of hydrogen-bond acceptors (Lipinski definition) is 2. The summed E-state index contributed by atoms with van der Waals surface area (Å²) in [6.07, 6.45) is 0.759. The fourth-order valence-electron chi connectivity index (χ4n) is 1.74. The van der Waals surface area contributed by atoms with Crippen LogP contribution in [-0.2, 0) is 0 Å². The van der Waals surface area contributed by atoms with Crippen LogP contribution in [0.15, 0.2) is 24.3 Å². The first-order valence-corrected chi connectivity index (χ1v) is 6.52. The summed E-state index contributed by atoms with van der Waals surface area (Å²) in [5, 5.41) is 13.3. The first-order valence-electron chi connectivity index (χ1n) is 6.52. The summed E-state index contributed by atoms with van der Waals surface area (Å²) in [5.41, 5.74) is 2.55. The molecule has 0 radical (unpaired) electrons. The lowest BCUT2D eigenvalue weighted by Gasteiger charge is -2.21. The van der Waals surface area contributed by atoms with Crippen molar-refractivity contribution in [3.05, 3.63) is 35.4 Å². The van der Waals surface area contributed by atoms with Crippen molar-refractivity contribution in [2.24, 2.45) is 5.92 Å². The van der Waals surface area contributed by atoms with E-state index < -0.39 is 0 Å². The van der Waals surface area contributed by atoms with E-state index in [9.17, 15) is 5.11 Å². The van der Waals surface area contributed by atoms with Crippen molar-refractivity contribution in [3.63, 3.8) is 0 Å². The molecule has 0 aliphatic rings. The van der Waals surface area contributed by atoms with Gasteiger partial charge in [0.15, 0.2) is 0 Å². The van der Waals surface area contributed by atoms with Crippen molar-refractivity contribution < 1.29 is 5.11 Å². The van der Waals surface area contributed by atoms with E-state index in [1.165, 1.54) is 11.1 Å². The minimum Gasteiger partial charge on any atom is -0.392 e. The molecule has 3 atom stereocenters. The summed E-state index contributed by atoms with van der Waals surface area (Å²) in [6.45, 7) is 9.08. The van der Waals surface area contributed by atoms with E-state index in [1.807, 2.05) is 0 Å². The fourth-order valence-corrected chi connectivity index (χ4v) is 1.74. The van der Waals surface area contributed by atoms with Crippen molar-refractivity contribution in [1.82, 2.24) is 5.32 Å². The van der Waals surface area contributed by atoms with E-state index in [1.54, 1.807) is 0 Å². The third-order valence-electron chi connectivity index (χ3n) is 3.51. The number of benzene rings is 1. The molecular weight excluding hydrogens is 210 g/mol. The maximum atomic E-state index is 9.90. The first-order chi connectivity index (χ1) is 8.04. The van der Waals surface area contributed by atoms with E-state index in [2.05, 4.69) is 57.3 Å². The van der Waals surface area contributed by atoms with E-state index in [-0.39, 0.29) is 12.1 Å². The van der Waals surface area contributed by atoms with Crippen LogP contribution in [0, 0.1) is 12.8 Å². The van der Waals surface area contributed by atoms with Crippen LogP contribution >= 0.6 is 0 Å². The predicted molar refractivity (Wildman–Crippen MR) is 73.1 cm³/mol. The van der Waals surface area contributed by atoms with Crippen molar-refractivity contribution in [2.75, 3.05) is 6.54 Å². The van der Waals surface area contributed by atoms with Crippen molar-refractivity contribution >= 4 is 0 Å². The highest BCUT2D eigenvalue weighted by molar-refractivity contribution is 5.23. The Labute approximate surface area is 105 Å². The number of rotatable bonds is 6. The van der Waals surface area contributed by atoms with Gasteiger partial charge in [0.25, 0.3) is 0 Å². The van der Waals surface area contributed by atoms with Crippen LogP contribution in [0.5, 0.6) is 0 Å². The zero-order valence-corrected chi connectivity index (χ0v) is 11.4. The summed E-state index contributed by atoms with van der Waals surface area (Å²) < 4.78 is 0. The van der Waals surface area contributed by atoms with Crippen LogP contribution in [0.25, 0.3) is 0 Å². The van der Waals surface area contributed by atoms with E-state index in [0.717, 1.165) is 6.42 Å². The summed E-state index contributed by atoms with van der Waals surface area (Å²) in [4.78, 5) is 0. The second-order valence-corrected chi connectivity index (χ2v) is 4.99. The standard InChI is InChI=1S/C15H25NO/c1-5-12(3)15(17)10-16-13(4)14-8-6-11(2)7-9-14/h6-9,12-13,15-17H,5,10H2,1-4H3. The van der Waals surface area contributed by atoms with E-state index >= 15 is 0 Å². The molecule has 0 bridgehead atoms. The molecule has 3 unspecified atom stereocenters. The highest BCUT2D eigenvalue weighted by atomic mass is 16.3. The molecule has 0 saturated carbocycles. The number of aliphatic hydroxyl groups is 1. The Bertz CT molecular complexity index is 320. The van der Waals surface area contributed by atoms with Gasteiger partial charge in [0.2, 0.25) is 0 Å². The van der Waals surface area contributed by atoms with Crippen molar-refractivity contribution in [3.8, 4) is 0 Å². The maximum Gasteiger partial charge on any atom is 0.0690 e. The van der Waals surface area contributed by atoms with Crippen LogP contribution in [-0.4, -0.2) is 17.8 Å². The highest BCUT2D eigenvalue weighted by Crippen LogP contribution is 2.14. The van der Waals surface area contributed by atoms with Crippen molar-refractivity contribution in [2.45, 2.75) is 46.3 Å². The van der Waals surface area contributed by atoms with Gasteiger partial charge in [0.05, 0.1) is 6.10 Å². The van der Waals surface area contributed by atoms with Gasteiger partial charge in [-0.05, 0) is 25.3 Å². The maximum absolute atomic E-state index is 9.90. The zero-order chi connectivity index (χ0) is 12.8. The van der Waals surface area contributed by atoms with Gasteiger partial charge in [-0.2, -0.15) is 0 Å². The quantitative estimate of drug-likeness (QED) is 0.794. The van der Waals surface area contributed by atoms with E-state index in [4.69, 9.17) is 0 Å². The smallest absolute Gasteiger partial charge is 0.0690 e. The lowest BCUT2D eigenvalue weighted by molar-refractivity contribution is 0.110. The Morgan fingerprint density at radius 1 is 1.18 bits per heavy atom. The largest absolute Gasteiger partial charge is 0.392 e. The minimum atomic E-state index is -0.257. The fraction of sp³-hybridized carbons (Fsp3) is 0.600. The van der Waals surface area contributed by atoms with Gasteiger partial charge in [-0.25, -0.2) is 0 Å². The molecule has 0 fully saturated rings. The minimum absolute atomic E-state index is 0.257. The molecule has 96 valence electrons. The normalized spacial score (nSPS) is 16.5. The monoisotopic (exact) mass is 235 g/mol. The summed E-state index contributed by atoms with van der Waals surface area (Å²) in [7, 11) is 0. The molecule has 1 rings (SSSR count). The van der Waals surface area contributed by atoms with Gasteiger partial charge in [-0.15, -0.1) is 0 Å². The van der Waals surface area contributed by atoms with Crippen LogP contribution < -0.4 is 5.32 Å². The number of hydrogen-bond donors (Lipinski definition) is 2. The van der Waals surface area contributed by atoms with Gasteiger partial charge >= 0.3 is 0 Å². The highest BCUT2D eigenvalue weighted by Gasteiger charge is 2.13. The molecule has 1 aromatic rings. The zero-order valence-electron chi connectivity index (χ0n) is 11.4. The van der Waals surface area contributed by atoms with E-state index in [0.29, 0.717) is 12.5 Å². The number of aliphatic hydroxyl groups excluding tert-OH is 1. The molecule has 2 nitrogen and oxygen atoms in total. The first kappa shape index (κ1) is 14.2. The van der Waals surface area contributed by atoms with Crippen LogP contribution in [0.1, 0.15) is 44.4 Å². The molecule has 0 heterocycles.